The molecular weight excluding hydrogens is 390 g/mol. The number of likely N-dealkylation sites (N-methyl/N-ethyl adjacent to an activating group) is 1. The summed E-state index contributed by atoms with van der Waals surface area (Å²) in [6.45, 7) is 5.66. The Morgan fingerprint density at radius 3 is 2.74 bits per heavy atom. The molecule has 6 nitrogen and oxygen atoms in total. The van der Waals surface area contributed by atoms with Gasteiger partial charge >= 0.3 is 0 Å². The Morgan fingerprint density at radius 2 is 2.00 bits per heavy atom. The molecule has 1 fully saturated rings. The number of aromatic amines is 1. The second kappa shape index (κ2) is 9.45. The van der Waals surface area contributed by atoms with Crippen LogP contribution in [0.25, 0.3) is 10.9 Å². The lowest BCUT2D eigenvalue weighted by molar-refractivity contribution is -0.108. The highest BCUT2D eigenvalue weighted by atomic mass is 16.5. The highest BCUT2D eigenvalue weighted by Gasteiger charge is 2.21. The number of nitrogens with one attached hydrogen (secondary N) is 1. The van der Waals surface area contributed by atoms with Gasteiger partial charge in [-0.05, 0) is 43.3 Å². The molecule has 0 radical (unpaired) electrons. The number of hydrogen-bond acceptors (Lipinski definition) is 4. The van der Waals surface area contributed by atoms with Crippen LogP contribution in [0.5, 0.6) is 0 Å². The molecule has 162 valence electrons. The summed E-state index contributed by atoms with van der Waals surface area (Å²) in [6, 6.07) is 16.5. The third-order valence-electron chi connectivity index (χ3n) is 5.85. The number of carbonyl (C=O) groups is 2. The molecule has 1 saturated heterocycles. The lowest BCUT2D eigenvalue weighted by Gasteiger charge is -2.27. The lowest BCUT2D eigenvalue weighted by Crippen LogP contribution is -2.38. The number of aryl methyl sites for hydroxylation is 1. The van der Waals surface area contributed by atoms with Gasteiger partial charge in [-0.25, -0.2) is 0 Å². The monoisotopic (exact) mass is 419 g/mol. The first-order valence-electron chi connectivity index (χ1n) is 10.7. The number of hydrogen-bond donors (Lipinski definition) is 1. The maximum atomic E-state index is 13.0. The number of carbonyl (C=O) groups excluding carboxylic acids is 2. The molecule has 2 heterocycles. The van der Waals surface area contributed by atoms with Gasteiger partial charge in [-0.2, -0.15) is 0 Å². The van der Waals surface area contributed by atoms with E-state index in [9.17, 15) is 9.59 Å². The molecule has 0 unspecified atom stereocenters. The number of H-pyrrole nitrogens is 1. The van der Waals surface area contributed by atoms with Crippen LogP contribution in [-0.2, 0) is 16.1 Å². The molecule has 1 amide bonds. The molecule has 0 spiro atoms. The summed E-state index contributed by atoms with van der Waals surface area (Å²) in [5.74, 6) is 0.354. The zero-order valence-corrected chi connectivity index (χ0v) is 18.1. The molecule has 0 aliphatic carbocycles. The predicted octanol–water partition coefficient (Wildman–Crippen LogP) is 3.36. The Bertz CT molecular complexity index is 1070. The van der Waals surface area contributed by atoms with Crippen molar-refractivity contribution >= 4 is 23.1 Å². The third kappa shape index (κ3) is 5.03. The van der Waals surface area contributed by atoms with Crippen molar-refractivity contribution in [1.29, 1.82) is 0 Å². The largest absolute Gasteiger partial charge is 0.380 e. The summed E-state index contributed by atoms with van der Waals surface area (Å²) in [7, 11) is 2.04. The van der Waals surface area contributed by atoms with Gasteiger partial charge in [-0.1, -0.05) is 35.9 Å². The Labute approximate surface area is 182 Å². The van der Waals surface area contributed by atoms with Crippen LogP contribution in [0.2, 0.25) is 0 Å². The van der Waals surface area contributed by atoms with E-state index >= 15 is 0 Å². The summed E-state index contributed by atoms with van der Waals surface area (Å²) in [6.07, 6.45) is 0.787. The first-order chi connectivity index (χ1) is 15.0. The number of ether oxygens (including phenoxy) is 1. The van der Waals surface area contributed by atoms with E-state index in [0.29, 0.717) is 24.7 Å². The van der Waals surface area contributed by atoms with Gasteiger partial charge in [-0.15, -0.1) is 0 Å². The van der Waals surface area contributed by atoms with E-state index in [1.54, 1.807) is 4.90 Å². The number of amides is 1. The minimum absolute atomic E-state index is 0.0816. The van der Waals surface area contributed by atoms with Gasteiger partial charge < -0.3 is 24.3 Å². The number of benzene rings is 2. The van der Waals surface area contributed by atoms with Crippen molar-refractivity contribution in [2.24, 2.45) is 0 Å². The number of nitrogens with zero attached hydrogens (tertiary/aromatic N) is 2. The molecule has 1 aliphatic heterocycles. The maximum absolute atomic E-state index is 13.0. The quantitative estimate of drug-likeness (QED) is 0.540. The lowest BCUT2D eigenvalue weighted by atomic mass is 9.96. The molecule has 1 aliphatic rings. The zero-order valence-electron chi connectivity index (χ0n) is 18.1. The van der Waals surface area contributed by atoms with E-state index in [2.05, 4.69) is 34.1 Å². The minimum atomic E-state index is -0.152. The van der Waals surface area contributed by atoms with Gasteiger partial charge in [-0.3, -0.25) is 4.79 Å². The zero-order chi connectivity index (χ0) is 21.8. The van der Waals surface area contributed by atoms with Crippen LogP contribution in [-0.4, -0.2) is 66.9 Å². The summed E-state index contributed by atoms with van der Waals surface area (Å²) >= 11 is 0. The van der Waals surface area contributed by atoms with Crippen molar-refractivity contribution in [2.45, 2.75) is 19.4 Å². The van der Waals surface area contributed by atoms with Crippen LogP contribution in [0.3, 0.4) is 0 Å². The van der Waals surface area contributed by atoms with Gasteiger partial charge in [0.15, 0.2) is 0 Å². The maximum Gasteiger partial charge on any atom is 0.270 e. The van der Waals surface area contributed by atoms with Crippen LogP contribution in [0, 0.1) is 6.92 Å². The van der Waals surface area contributed by atoms with E-state index in [1.165, 1.54) is 11.1 Å². The van der Waals surface area contributed by atoms with Crippen molar-refractivity contribution in [1.82, 2.24) is 14.8 Å². The molecule has 1 aromatic heterocycles. The van der Waals surface area contributed by atoms with E-state index in [-0.39, 0.29) is 12.5 Å². The first-order valence-corrected chi connectivity index (χ1v) is 10.7. The van der Waals surface area contributed by atoms with Gasteiger partial charge in [0.25, 0.3) is 5.91 Å². The normalized spacial score (nSPS) is 14.0. The van der Waals surface area contributed by atoms with Gasteiger partial charge in [0, 0.05) is 36.5 Å². The average molecular weight is 420 g/mol. The number of rotatable bonds is 9. The number of aromatic nitrogens is 1. The minimum Gasteiger partial charge on any atom is -0.380 e. The number of aldehydes is 1. The molecule has 1 N–H and O–H groups in total. The smallest absolute Gasteiger partial charge is 0.270 e. The number of fused-ring (bicyclic) bond motifs is 1. The van der Waals surface area contributed by atoms with Gasteiger partial charge in [0.2, 0.25) is 0 Å². The van der Waals surface area contributed by atoms with Crippen LogP contribution < -0.4 is 0 Å². The van der Waals surface area contributed by atoms with Crippen molar-refractivity contribution in [3.8, 4) is 0 Å². The van der Waals surface area contributed by atoms with E-state index in [1.807, 2.05) is 38.2 Å². The molecule has 2 aromatic carbocycles. The SMILES string of the molecule is Cc1ccc2[nH]c(C(=O)N(CC=O)CCN(C)Cc3cccc(C4COC4)c3)cc2c1. The second-order valence-electron chi connectivity index (χ2n) is 8.41. The van der Waals surface area contributed by atoms with Crippen molar-refractivity contribution in [3.63, 3.8) is 0 Å². The highest BCUT2D eigenvalue weighted by Crippen LogP contribution is 2.25. The van der Waals surface area contributed by atoms with E-state index in [4.69, 9.17) is 4.74 Å². The third-order valence-corrected chi connectivity index (χ3v) is 5.85. The Morgan fingerprint density at radius 1 is 1.16 bits per heavy atom. The molecule has 4 rings (SSSR count). The Kier molecular flexibility index (Phi) is 6.49. The Hall–Kier alpha value is -2.96. The average Bonchev–Trinajstić information content (AvgIpc) is 3.13. The fraction of sp³-hybridized carbons (Fsp3) is 0.360. The summed E-state index contributed by atoms with van der Waals surface area (Å²) in [5, 5.41) is 1.00. The molecule has 0 atom stereocenters. The van der Waals surface area contributed by atoms with Crippen molar-refractivity contribution < 1.29 is 14.3 Å². The topological polar surface area (TPSA) is 65.6 Å². The Balaban J connectivity index is 1.38. The predicted molar refractivity (Wildman–Crippen MR) is 121 cm³/mol. The van der Waals surface area contributed by atoms with Crippen molar-refractivity contribution in [2.75, 3.05) is 39.9 Å². The highest BCUT2D eigenvalue weighted by molar-refractivity contribution is 5.98. The summed E-state index contributed by atoms with van der Waals surface area (Å²) in [4.78, 5) is 31.2. The standard InChI is InChI=1S/C25H29N3O3/c1-18-6-7-23-21(12-18)14-24(26-23)25(30)28(10-11-29)9-8-27(2)15-19-4-3-5-20(13-19)22-16-31-17-22/h3-7,11-14,22,26H,8-10,15-17H2,1-2H3. The van der Waals surface area contributed by atoms with Crippen LogP contribution in [0.1, 0.15) is 33.1 Å². The molecule has 3 aromatic rings. The van der Waals surface area contributed by atoms with Crippen LogP contribution in [0.15, 0.2) is 48.5 Å². The van der Waals surface area contributed by atoms with E-state index in [0.717, 1.165) is 42.5 Å². The second-order valence-corrected chi connectivity index (χ2v) is 8.41. The fourth-order valence-electron chi connectivity index (χ4n) is 3.96. The van der Waals surface area contributed by atoms with Crippen LogP contribution in [0.4, 0.5) is 0 Å². The molecule has 6 heteroatoms. The van der Waals surface area contributed by atoms with Crippen LogP contribution >= 0.6 is 0 Å². The van der Waals surface area contributed by atoms with Crippen molar-refractivity contribution in [3.05, 3.63) is 70.9 Å². The molecule has 31 heavy (non-hydrogen) atoms. The fourth-order valence-corrected chi connectivity index (χ4v) is 3.96. The molecule has 0 saturated carbocycles. The summed E-state index contributed by atoms with van der Waals surface area (Å²) in [5.41, 5.74) is 5.15. The molecule has 0 bridgehead atoms. The summed E-state index contributed by atoms with van der Waals surface area (Å²) < 4.78 is 5.30. The van der Waals surface area contributed by atoms with Gasteiger partial charge in [0.1, 0.15) is 12.0 Å². The first kappa shape index (κ1) is 21.3. The van der Waals surface area contributed by atoms with Gasteiger partial charge in [0.05, 0.1) is 19.8 Å². The van der Waals surface area contributed by atoms with E-state index < -0.39 is 0 Å². The molecular formula is C25H29N3O3.